The molecule has 0 bridgehead atoms. The first-order chi connectivity index (χ1) is 17.6. The summed E-state index contributed by atoms with van der Waals surface area (Å²) in [7, 11) is -4.23. The van der Waals surface area contributed by atoms with Crippen LogP contribution in [0.1, 0.15) is 12.5 Å². The predicted octanol–water partition coefficient (Wildman–Crippen LogP) is 5.61. The number of hydrogen-bond acceptors (Lipinski definition) is 8. The van der Waals surface area contributed by atoms with Crippen LogP contribution in [0.15, 0.2) is 71.1 Å². The highest BCUT2D eigenvalue weighted by Crippen LogP contribution is 2.39. The number of ether oxygens (including phenoxy) is 1. The molecule has 0 radical (unpaired) electrons. The summed E-state index contributed by atoms with van der Waals surface area (Å²) in [5, 5.41) is 22.7. The highest BCUT2D eigenvalue weighted by molar-refractivity contribution is 7.87. The van der Waals surface area contributed by atoms with E-state index in [1.165, 1.54) is 54.6 Å². The van der Waals surface area contributed by atoms with Crippen LogP contribution >= 0.6 is 23.2 Å². The molecule has 0 saturated heterocycles. The van der Waals surface area contributed by atoms with E-state index in [1.807, 2.05) is 0 Å². The Labute approximate surface area is 221 Å². The number of anilines is 1. The van der Waals surface area contributed by atoms with Gasteiger partial charge in [-0.15, -0.1) is 0 Å². The molecule has 0 fully saturated rings. The highest BCUT2D eigenvalue weighted by atomic mass is 35.5. The van der Waals surface area contributed by atoms with Gasteiger partial charge in [0, 0.05) is 11.8 Å². The minimum absolute atomic E-state index is 0.0354. The molecule has 1 N–H and O–H groups in total. The van der Waals surface area contributed by atoms with Crippen molar-refractivity contribution in [3.05, 3.63) is 92.0 Å². The Morgan fingerprint density at radius 2 is 1.84 bits per heavy atom. The molecule has 3 aromatic carbocycles. The maximum absolute atomic E-state index is 12.7. The monoisotopic (exact) mass is 561 g/mol. The number of nitrogens with zero attached hydrogens (tertiary/aromatic N) is 2. The molecule has 3 rings (SSSR count). The summed E-state index contributed by atoms with van der Waals surface area (Å²) in [5.41, 5.74) is -0.519. The summed E-state index contributed by atoms with van der Waals surface area (Å²) in [5.74, 6) is -1.16. The molecule has 0 aliphatic carbocycles. The van der Waals surface area contributed by atoms with E-state index in [0.29, 0.717) is 0 Å². The molecule has 0 unspecified atom stereocenters. The zero-order valence-electron chi connectivity index (χ0n) is 19.0. The molecule has 3 aromatic rings. The van der Waals surface area contributed by atoms with Crippen LogP contribution in [0.5, 0.6) is 11.5 Å². The van der Waals surface area contributed by atoms with Crippen LogP contribution in [0.25, 0.3) is 6.08 Å². The maximum Gasteiger partial charge on any atom is 0.339 e. The van der Waals surface area contributed by atoms with Crippen molar-refractivity contribution < 1.29 is 27.1 Å². The van der Waals surface area contributed by atoms with Crippen LogP contribution in [0.2, 0.25) is 10.0 Å². The number of hydrogen-bond donors (Lipinski definition) is 1. The average molecular weight is 562 g/mol. The number of nitrogens with one attached hydrogen (secondary N) is 1. The standard InChI is InChI=1S/C24H17Cl2N3O7S/c1-2-35-22-12-15(11-20(26)23(22)36-37(33,34)18-6-4-3-5-7-18)10-16(14-27)24(30)28-17-8-9-19(25)21(13-17)29(31)32/h3-13H,2H2,1H3,(H,28,30)/b16-10+. The van der Waals surface area contributed by atoms with Gasteiger partial charge < -0.3 is 14.2 Å². The number of carbonyl (C=O) groups is 1. The number of nitro groups is 1. The fourth-order valence-electron chi connectivity index (χ4n) is 3.00. The van der Waals surface area contributed by atoms with Gasteiger partial charge in [0.1, 0.15) is 21.6 Å². The van der Waals surface area contributed by atoms with Gasteiger partial charge >= 0.3 is 10.1 Å². The molecule has 190 valence electrons. The highest BCUT2D eigenvalue weighted by Gasteiger charge is 2.23. The lowest BCUT2D eigenvalue weighted by molar-refractivity contribution is -0.384. The van der Waals surface area contributed by atoms with E-state index < -0.39 is 26.6 Å². The summed E-state index contributed by atoms with van der Waals surface area (Å²) in [6.07, 6.45) is 1.18. The maximum atomic E-state index is 12.7. The van der Waals surface area contributed by atoms with Crippen LogP contribution in [0.3, 0.4) is 0 Å². The molecular weight excluding hydrogens is 545 g/mol. The van der Waals surface area contributed by atoms with Crippen LogP contribution < -0.4 is 14.2 Å². The second-order valence-corrected chi connectivity index (χ2v) is 9.52. The lowest BCUT2D eigenvalue weighted by atomic mass is 10.1. The van der Waals surface area contributed by atoms with Crippen LogP contribution in [-0.4, -0.2) is 25.9 Å². The number of amides is 1. The van der Waals surface area contributed by atoms with Gasteiger partial charge in [-0.2, -0.15) is 13.7 Å². The first kappa shape index (κ1) is 27.5. The van der Waals surface area contributed by atoms with E-state index in [-0.39, 0.29) is 49.9 Å². The van der Waals surface area contributed by atoms with Gasteiger partial charge in [0.25, 0.3) is 11.6 Å². The summed E-state index contributed by atoms with van der Waals surface area (Å²) >= 11 is 12.1. The van der Waals surface area contributed by atoms with E-state index in [4.69, 9.17) is 32.1 Å². The normalized spacial score (nSPS) is 11.4. The lowest BCUT2D eigenvalue weighted by Gasteiger charge is -2.14. The molecule has 0 aromatic heterocycles. The van der Waals surface area contributed by atoms with Crippen molar-refractivity contribution in [1.82, 2.24) is 0 Å². The van der Waals surface area contributed by atoms with Crippen molar-refractivity contribution in [2.75, 3.05) is 11.9 Å². The minimum Gasteiger partial charge on any atom is -0.490 e. The number of benzene rings is 3. The largest absolute Gasteiger partial charge is 0.490 e. The van der Waals surface area contributed by atoms with E-state index in [1.54, 1.807) is 19.1 Å². The predicted molar refractivity (Wildman–Crippen MR) is 137 cm³/mol. The topological polar surface area (TPSA) is 149 Å². The molecule has 1 amide bonds. The van der Waals surface area contributed by atoms with Crippen molar-refractivity contribution in [1.29, 1.82) is 5.26 Å². The van der Waals surface area contributed by atoms with Crippen molar-refractivity contribution in [3.63, 3.8) is 0 Å². The molecular formula is C24H17Cl2N3O7S. The number of rotatable bonds is 9. The second-order valence-electron chi connectivity index (χ2n) is 7.16. The second kappa shape index (κ2) is 11.7. The van der Waals surface area contributed by atoms with Gasteiger partial charge in [-0.25, -0.2) is 0 Å². The molecule has 0 aliphatic rings. The Morgan fingerprint density at radius 3 is 2.46 bits per heavy atom. The van der Waals surface area contributed by atoms with Gasteiger partial charge in [0.15, 0.2) is 5.75 Å². The van der Waals surface area contributed by atoms with E-state index in [9.17, 15) is 28.6 Å². The Hall–Kier alpha value is -4.11. The minimum atomic E-state index is -4.23. The average Bonchev–Trinajstić information content (AvgIpc) is 2.86. The number of carbonyl (C=O) groups excluding carboxylic acids is 1. The zero-order chi connectivity index (χ0) is 27.2. The van der Waals surface area contributed by atoms with Crippen LogP contribution in [0.4, 0.5) is 11.4 Å². The van der Waals surface area contributed by atoms with Gasteiger partial charge in [-0.3, -0.25) is 14.9 Å². The van der Waals surface area contributed by atoms with Gasteiger partial charge in [0.05, 0.1) is 16.6 Å². The quantitative estimate of drug-likeness (QED) is 0.116. The summed E-state index contributed by atoms with van der Waals surface area (Å²) in [4.78, 5) is 22.9. The van der Waals surface area contributed by atoms with E-state index in [0.717, 1.165) is 6.07 Å². The third-order valence-corrected chi connectivity index (χ3v) is 6.47. The van der Waals surface area contributed by atoms with Gasteiger partial charge in [-0.1, -0.05) is 41.4 Å². The Morgan fingerprint density at radius 1 is 1.14 bits per heavy atom. The Balaban J connectivity index is 1.93. The zero-order valence-corrected chi connectivity index (χ0v) is 21.3. The molecule has 0 saturated carbocycles. The van der Waals surface area contributed by atoms with Gasteiger partial charge in [0.2, 0.25) is 5.75 Å². The molecule has 0 spiro atoms. The van der Waals surface area contributed by atoms with Crippen molar-refractivity contribution in [2.24, 2.45) is 0 Å². The summed E-state index contributed by atoms with van der Waals surface area (Å²) in [6.45, 7) is 1.79. The SMILES string of the molecule is CCOc1cc(/C=C(\C#N)C(=O)Nc2ccc(Cl)c([N+](=O)[O-])c2)cc(Cl)c1OS(=O)(=O)c1ccccc1. The first-order valence-corrected chi connectivity index (χ1v) is 12.5. The van der Waals surface area contributed by atoms with Gasteiger partial charge in [-0.05, 0) is 55.0 Å². The number of halogens is 2. The lowest BCUT2D eigenvalue weighted by Crippen LogP contribution is -2.13. The van der Waals surface area contributed by atoms with Crippen LogP contribution in [-0.2, 0) is 14.9 Å². The molecule has 10 nitrogen and oxygen atoms in total. The molecule has 0 atom stereocenters. The van der Waals surface area contributed by atoms with Crippen molar-refractivity contribution in [2.45, 2.75) is 11.8 Å². The third kappa shape index (κ3) is 6.77. The van der Waals surface area contributed by atoms with Crippen LogP contribution in [0, 0.1) is 21.4 Å². The fourth-order valence-corrected chi connectivity index (χ4v) is 4.47. The molecule has 37 heavy (non-hydrogen) atoms. The van der Waals surface area contributed by atoms with Crippen molar-refractivity contribution in [3.8, 4) is 17.6 Å². The molecule has 0 heterocycles. The third-order valence-electron chi connectivity index (χ3n) is 4.63. The van der Waals surface area contributed by atoms with E-state index >= 15 is 0 Å². The van der Waals surface area contributed by atoms with Crippen molar-refractivity contribution >= 4 is 56.7 Å². The Kier molecular flexibility index (Phi) is 8.73. The smallest absolute Gasteiger partial charge is 0.339 e. The van der Waals surface area contributed by atoms with E-state index in [2.05, 4.69) is 5.32 Å². The summed E-state index contributed by atoms with van der Waals surface area (Å²) in [6, 6.07) is 15.4. The number of nitriles is 1. The Bertz CT molecular complexity index is 1540. The molecule has 13 heteroatoms. The molecule has 0 aliphatic heterocycles. The fraction of sp³-hybridized carbons (Fsp3) is 0.0833. The summed E-state index contributed by atoms with van der Waals surface area (Å²) < 4.78 is 36.1. The number of nitro benzene ring substituents is 1. The first-order valence-electron chi connectivity index (χ1n) is 10.4.